The minimum absolute atomic E-state index is 0.829. The van der Waals surface area contributed by atoms with Crippen LogP contribution < -0.4 is 5.32 Å². The first-order chi connectivity index (χ1) is 8.35. The molecule has 1 atom stereocenters. The van der Waals surface area contributed by atoms with E-state index < -0.39 is 0 Å². The van der Waals surface area contributed by atoms with Crippen LogP contribution in [0.25, 0.3) is 0 Å². The molecule has 0 saturated carbocycles. The van der Waals surface area contributed by atoms with Crippen molar-refractivity contribution in [3.63, 3.8) is 0 Å². The Labute approximate surface area is 109 Å². The summed E-state index contributed by atoms with van der Waals surface area (Å²) < 4.78 is 5.05. The van der Waals surface area contributed by atoms with E-state index in [1.54, 1.807) is 7.11 Å². The Kier molecular flexibility index (Phi) is 13.9. The zero-order valence-corrected chi connectivity index (χ0v) is 12.3. The van der Waals surface area contributed by atoms with Crippen molar-refractivity contribution < 1.29 is 4.74 Å². The SMILES string of the molecule is CCCCCCCC(CCC)CNCCOC. The fraction of sp³-hybridized carbons (Fsp3) is 1.00. The molecule has 0 aliphatic rings. The second-order valence-corrected chi connectivity index (χ2v) is 5.05. The van der Waals surface area contributed by atoms with Crippen LogP contribution >= 0.6 is 0 Å². The molecule has 0 saturated heterocycles. The number of unbranched alkanes of at least 4 members (excludes halogenated alkanes) is 4. The molecular weight excluding hydrogens is 210 g/mol. The van der Waals surface area contributed by atoms with E-state index >= 15 is 0 Å². The Morgan fingerprint density at radius 2 is 1.71 bits per heavy atom. The van der Waals surface area contributed by atoms with E-state index in [-0.39, 0.29) is 0 Å². The van der Waals surface area contributed by atoms with Crippen molar-refractivity contribution in [2.24, 2.45) is 5.92 Å². The molecule has 0 aromatic heterocycles. The second-order valence-electron chi connectivity index (χ2n) is 5.05. The molecule has 17 heavy (non-hydrogen) atoms. The Bertz CT molecular complexity index is 139. The molecule has 0 aromatic rings. The van der Waals surface area contributed by atoms with Crippen LogP contribution in [0.3, 0.4) is 0 Å². The highest BCUT2D eigenvalue weighted by molar-refractivity contribution is 4.62. The molecule has 0 bridgehead atoms. The van der Waals surface area contributed by atoms with Crippen LogP contribution in [0, 0.1) is 5.92 Å². The second kappa shape index (κ2) is 14.0. The first kappa shape index (κ1) is 16.9. The first-order valence-electron chi connectivity index (χ1n) is 7.54. The maximum atomic E-state index is 5.05. The van der Waals surface area contributed by atoms with Gasteiger partial charge in [0.15, 0.2) is 0 Å². The summed E-state index contributed by atoms with van der Waals surface area (Å²) in [6, 6.07) is 0. The summed E-state index contributed by atoms with van der Waals surface area (Å²) in [5, 5.41) is 3.50. The minimum Gasteiger partial charge on any atom is -0.383 e. The van der Waals surface area contributed by atoms with E-state index in [1.807, 2.05) is 0 Å². The van der Waals surface area contributed by atoms with Gasteiger partial charge in [-0.05, 0) is 25.3 Å². The third kappa shape index (κ3) is 12.2. The largest absolute Gasteiger partial charge is 0.383 e. The predicted molar refractivity (Wildman–Crippen MR) is 76.5 cm³/mol. The van der Waals surface area contributed by atoms with Gasteiger partial charge in [0.2, 0.25) is 0 Å². The maximum absolute atomic E-state index is 5.05. The topological polar surface area (TPSA) is 21.3 Å². The summed E-state index contributed by atoms with van der Waals surface area (Å²) in [6.45, 7) is 7.56. The Balaban J connectivity index is 3.45. The third-order valence-electron chi connectivity index (χ3n) is 3.33. The van der Waals surface area contributed by atoms with Crippen LogP contribution in [0.5, 0.6) is 0 Å². The van der Waals surface area contributed by atoms with Gasteiger partial charge in [-0.25, -0.2) is 0 Å². The van der Waals surface area contributed by atoms with Gasteiger partial charge in [-0.15, -0.1) is 0 Å². The van der Waals surface area contributed by atoms with Crippen molar-refractivity contribution in [3.8, 4) is 0 Å². The molecule has 0 aliphatic heterocycles. The monoisotopic (exact) mass is 243 g/mol. The van der Waals surface area contributed by atoms with Gasteiger partial charge < -0.3 is 10.1 Å². The van der Waals surface area contributed by atoms with Crippen molar-refractivity contribution in [1.82, 2.24) is 5.32 Å². The van der Waals surface area contributed by atoms with Crippen LogP contribution in [0.2, 0.25) is 0 Å². The molecule has 0 rings (SSSR count). The van der Waals surface area contributed by atoms with Gasteiger partial charge in [0.05, 0.1) is 6.61 Å². The number of hydrogen-bond acceptors (Lipinski definition) is 2. The Morgan fingerprint density at radius 3 is 2.35 bits per heavy atom. The minimum atomic E-state index is 0.829. The third-order valence-corrected chi connectivity index (χ3v) is 3.33. The van der Waals surface area contributed by atoms with E-state index in [9.17, 15) is 0 Å². The van der Waals surface area contributed by atoms with Crippen molar-refractivity contribution in [2.75, 3.05) is 26.8 Å². The van der Waals surface area contributed by atoms with Crippen LogP contribution in [-0.4, -0.2) is 26.8 Å². The molecule has 0 heterocycles. The summed E-state index contributed by atoms with van der Waals surface area (Å²) in [6.07, 6.45) is 11.1. The molecule has 0 amide bonds. The van der Waals surface area contributed by atoms with Crippen molar-refractivity contribution in [2.45, 2.75) is 65.2 Å². The fourth-order valence-electron chi connectivity index (χ4n) is 2.27. The molecule has 0 radical (unpaired) electrons. The molecule has 1 unspecified atom stereocenters. The number of ether oxygens (including phenoxy) is 1. The number of rotatable bonds is 13. The van der Waals surface area contributed by atoms with E-state index in [0.717, 1.165) is 19.1 Å². The first-order valence-corrected chi connectivity index (χ1v) is 7.54. The molecule has 104 valence electrons. The highest BCUT2D eigenvalue weighted by Crippen LogP contribution is 2.15. The fourth-order valence-corrected chi connectivity index (χ4v) is 2.27. The molecule has 1 N–H and O–H groups in total. The standard InChI is InChI=1S/C15H33NO/c1-4-6-7-8-9-11-15(10-5-2)14-16-12-13-17-3/h15-16H,4-14H2,1-3H3. The zero-order valence-electron chi connectivity index (χ0n) is 12.3. The van der Waals surface area contributed by atoms with E-state index in [2.05, 4.69) is 19.2 Å². The van der Waals surface area contributed by atoms with Crippen LogP contribution in [0.1, 0.15) is 65.2 Å². The van der Waals surface area contributed by atoms with Gasteiger partial charge in [0.25, 0.3) is 0 Å². The molecule has 2 nitrogen and oxygen atoms in total. The van der Waals surface area contributed by atoms with Gasteiger partial charge in [-0.1, -0.05) is 52.4 Å². The zero-order chi connectivity index (χ0) is 12.8. The maximum Gasteiger partial charge on any atom is 0.0587 e. The van der Waals surface area contributed by atoms with Gasteiger partial charge >= 0.3 is 0 Å². The quantitative estimate of drug-likeness (QED) is 0.494. The van der Waals surface area contributed by atoms with Gasteiger partial charge in [-0.2, -0.15) is 0 Å². The van der Waals surface area contributed by atoms with E-state index in [1.165, 1.54) is 57.9 Å². The predicted octanol–water partition coefficient (Wildman–Crippen LogP) is 4.00. The van der Waals surface area contributed by atoms with Crippen molar-refractivity contribution >= 4 is 0 Å². The normalized spacial score (nSPS) is 12.9. The number of methoxy groups -OCH3 is 1. The molecule has 0 spiro atoms. The average molecular weight is 243 g/mol. The molecule has 0 fully saturated rings. The highest BCUT2D eigenvalue weighted by Gasteiger charge is 2.06. The molecule has 0 aromatic carbocycles. The number of hydrogen-bond donors (Lipinski definition) is 1. The highest BCUT2D eigenvalue weighted by atomic mass is 16.5. The smallest absolute Gasteiger partial charge is 0.0587 e. The Morgan fingerprint density at radius 1 is 0.941 bits per heavy atom. The van der Waals surface area contributed by atoms with Crippen LogP contribution in [-0.2, 0) is 4.74 Å². The summed E-state index contributed by atoms with van der Waals surface area (Å²) >= 11 is 0. The summed E-state index contributed by atoms with van der Waals surface area (Å²) in [5.74, 6) is 0.874. The van der Waals surface area contributed by atoms with Crippen molar-refractivity contribution in [3.05, 3.63) is 0 Å². The summed E-state index contributed by atoms with van der Waals surface area (Å²) in [5.41, 5.74) is 0. The van der Waals surface area contributed by atoms with Crippen molar-refractivity contribution in [1.29, 1.82) is 0 Å². The molecule has 0 aliphatic carbocycles. The lowest BCUT2D eigenvalue weighted by Gasteiger charge is -2.16. The summed E-state index contributed by atoms with van der Waals surface area (Å²) in [4.78, 5) is 0. The molecule has 2 heteroatoms. The lowest BCUT2D eigenvalue weighted by atomic mass is 9.96. The van der Waals surface area contributed by atoms with Gasteiger partial charge in [-0.3, -0.25) is 0 Å². The van der Waals surface area contributed by atoms with Crippen LogP contribution in [0.4, 0.5) is 0 Å². The summed E-state index contributed by atoms with van der Waals surface area (Å²) in [7, 11) is 1.76. The average Bonchev–Trinajstić information content (AvgIpc) is 2.34. The lowest BCUT2D eigenvalue weighted by molar-refractivity contribution is 0.197. The van der Waals surface area contributed by atoms with Gasteiger partial charge in [0.1, 0.15) is 0 Å². The van der Waals surface area contributed by atoms with E-state index in [0.29, 0.717) is 0 Å². The lowest BCUT2D eigenvalue weighted by Crippen LogP contribution is -2.26. The number of nitrogens with one attached hydrogen (secondary N) is 1. The Hall–Kier alpha value is -0.0800. The van der Waals surface area contributed by atoms with Gasteiger partial charge in [0, 0.05) is 13.7 Å². The molecular formula is C15H33NO. The van der Waals surface area contributed by atoms with E-state index in [4.69, 9.17) is 4.74 Å². The van der Waals surface area contributed by atoms with Crippen LogP contribution in [0.15, 0.2) is 0 Å².